The van der Waals surface area contributed by atoms with Crippen molar-refractivity contribution in [1.29, 1.82) is 0 Å². The fraction of sp³-hybridized carbons (Fsp3) is 0.652. The summed E-state index contributed by atoms with van der Waals surface area (Å²) in [6.45, 7) is 14.6. The Hall–Kier alpha value is -8.57. The quantitative estimate of drug-likeness (QED) is 0.0710. The summed E-state index contributed by atoms with van der Waals surface area (Å²) in [4.78, 5) is 220. The predicted octanol–water partition coefficient (Wildman–Crippen LogP) is -2.82. The minimum absolute atomic E-state index is 0.0265. The molecule has 14 amide bonds. The van der Waals surface area contributed by atoms with Crippen LogP contribution in [0.3, 0.4) is 0 Å². The zero-order chi connectivity index (χ0) is 74.7. The number of hydrogen-bond acceptors (Lipinski definition) is 19. The Morgan fingerprint density at radius 3 is 1.58 bits per heavy atom. The van der Waals surface area contributed by atoms with Crippen LogP contribution in [-0.4, -0.2) is 236 Å². The molecule has 101 heavy (non-hydrogen) atoms. The number of hydrogen-bond donors (Lipinski definition) is 16. The summed E-state index contributed by atoms with van der Waals surface area (Å²) in [5, 5.41) is 52.9. The van der Waals surface area contributed by atoms with Crippen molar-refractivity contribution in [2.75, 3.05) is 37.7 Å². The molecule has 2 bridgehead atoms. The highest BCUT2D eigenvalue weighted by molar-refractivity contribution is 8.76. The van der Waals surface area contributed by atoms with Crippen LogP contribution in [0.1, 0.15) is 126 Å². The second-order valence-electron chi connectivity index (χ2n) is 27.4. The Bertz CT molecular complexity index is 3370. The molecule has 2 aromatic rings. The number of aromatic amines is 1. The maximum Gasteiger partial charge on any atom is 0.305 e. The Balaban J connectivity index is 1.45. The molecule has 6 rings (SSSR count). The first-order valence-electron chi connectivity index (χ1n) is 34.3. The van der Waals surface area contributed by atoms with E-state index in [4.69, 9.17) is 5.73 Å². The molecule has 0 saturated carbocycles. The molecule has 4 saturated heterocycles. The number of carbonyl (C=O) groups excluding carboxylic acids is 14. The highest BCUT2D eigenvalue weighted by atomic mass is 33.1. The fourth-order valence-corrected chi connectivity index (χ4v) is 14.5. The first-order valence-corrected chi connectivity index (χ1v) is 36.8. The van der Waals surface area contributed by atoms with Crippen LogP contribution in [0.15, 0.2) is 30.5 Å². The van der Waals surface area contributed by atoms with Crippen LogP contribution in [-0.2, 0) is 78.3 Å². The second-order valence-corrected chi connectivity index (χ2v) is 29.9. The van der Waals surface area contributed by atoms with Crippen LogP contribution in [0.5, 0.6) is 0 Å². The molecule has 35 heteroatoms. The van der Waals surface area contributed by atoms with Crippen molar-refractivity contribution in [3.05, 3.63) is 36.0 Å². The number of amides is 14. The molecular formula is C66H100N16O17S2. The molecule has 5 heterocycles. The zero-order valence-corrected chi connectivity index (χ0v) is 60.3. The Morgan fingerprint density at radius 2 is 1.00 bits per heavy atom. The van der Waals surface area contributed by atoms with Gasteiger partial charge >= 0.3 is 5.97 Å². The molecule has 17 N–H and O–H groups in total. The summed E-state index contributed by atoms with van der Waals surface area (Å²) in [5.74, 6) is -17.7. The number of aliphatic hydroxyl groups excluding tert-OH is 1. The van der Waals surface area contributed by atoms with Crippen molar-refractivity contribution in [3.8, 4) is 0 Å². The SMILES string of the molecule is CC(C)[C@@H]1NC(=O)CNC(=O)[C@@H]2CSSC[C@H](NC(=O)[C@H](C(C)C)NC(=O)[C@H](CC(=O)O)NC1=O)C(=O)N[C@@H](C)C(=O)N[C@@H](C(C)C)C(=O)N[C@@H]([C@@H](C)O)C(=O)N1CCC[C@H]1C(=O)N1CCC[C@@H]1C(=O)N[C@@H](C(C)C)C(=O)N[C@@H](Cc1c[nH]c3ccccc13)C(=O)N[C@@H](CCCCN)C(=O)N2. The smallest absolute Gasteiger partial charge is 0.305 e. The van der Waals surface area contributed by atoms with Crippen molar-refractivity contribution in [1.82, 2.24) is 78.6 Å². The number of nitrogens with one attached hydrogen (secondary N) is 13. The van der Waals surface area contributed by atoms with E-state index in [9.17, 15) is 77.3 Å². The van der Waals surface area contributed by atoms with E-state index < -0.39 is 210 Å². The lowest BCUT2D eigenvalue weighted by molar-refractivity contribution is -0.149. The van der Waals surface area contributed by atoms with Crippen LogP contribution < -0.4 is 69.5 Å². The van der Waals surface area contributed by atoms with Crippen molar-refractivity contribution in [2.45, 2.75) is 212 Å². The fourth-order valence-electron chi connectivity index (χ4n) is 12.2. The van der Waals surface area contributed by atoms with Gasteiger partial charge in [0, 0.05) is 48.1 Å². The summed E-state index contributed by atoms with van der Waals surface area (Å²) in [7, 11) is 1.78. The van der Waals surface area contributed by atoms with Gasteiger partial charge in [-0.15, -0.1) is 0 Å². The minimum atomic E-state index is -1.84. The normalized spacial score (nSPS) is 28.3. The molecule has 4 aliphatic rings. The summed E-state index contributed by atoms with van der Waals surface area (Å²) < 4.78 is 0. The Labute approximate surface area is 594 Å². The van der Waals surface area contributed by atoms with Crippen molar-refractivity contribution < 1.29 is 82.1 Å². The number of aliphatic hydroxyl groups is 1. The van der Waals surface area contributed by atoms with Gasteiger partial charge in [-0.2, -0.15) is 0 Å². The van der Waals surface area contributed by atoms with E-state index in [2.05, 4.69) is 68.8 Å². The molecule has 558 valence electrons. The van der Waals surface area contributed by atoms with Gasteiger partial charge in [0.25, 0.3) is 0 Å². The van der Waals surface area contributed by atoms with Crippen molar-refractivity contribution in [2.24, 2.45) is 29.4 Å². The van der Waals surface area contributed by atoms with Crippen molar-refractivity contribution >= 4 is 121 Å². The maximum absolute atomic E-state index is 15.1. The predicted molar refractivity (Wildman–Crippen MR) is 373 cm³/mol. The average molecular weight is 1450 g/mol. The molecule has 0 unspecified atom stereocenters. The Morgan fingerprint density at radius 1 is 0.525 bits per heavy atom. The Kier molecular flexibility index (Phi) is 30.6. The molecule has 33 nitrogen and oxygen atoms in total. The molecule has 0 radical (unpaired) electrons. The molecular weight excluding hydrogens is 1350 g/mol. The summed E-state index contributed by atoms with van der Waals surface area (Å²) in [6, 6.07) is -11.9. The maximum atomic E-state index is 15.1. The zero-order valence-electron chi connectivity index (χ0n) is 58.7. The van der Waals surface area contributed by atoms with Gasteiger partial charge in [-0.1, -0.05) is 95.2 Å². The molecule has 14 atom stereocenters. The second kappa shape index (κ2) is 37.9. The lowest BCUT2D eigenvalue weighted by Crippen LogP contribution is -2.63. The monoisotopic (exact) mass is 1450 g/mol. The number of para-hydroxylation sites is 1. The number of benzene rings is 1. The van der Waals surface area contributed by atoms with E-state index in [1.807, 2.05) is 0 Å². The topological polar surface area (TPSA) is 489 Å². The van der Waals surface area contributed by atoms with Crippen LogP contribution in [0.25, 0.3) is 10.9 Å². The number of unbranched alkanes of at least 4 members (excludes halogenated alkanes) is 1. The number of H-pyrrole nitrogens is 1. The minimum Gasteiger partial charge on any atom is -0.481 e. The highest BCUT2D eigenvalue weighted by Gasteiger charge is 2.46. The van der Waals surface area contributed by atoms with E-state index in [0.29, 0.717) is 35.7 Å². The standard InChI is InChI=1S/C66H100N16O17S2/c1-31(2)49-61(94)73-42(26-48(85)86)58(91)78-50(32(3)4)63(96)75-44-30-101-100-29-43(55(88)69-28-47(84)76-49)74-56(89)40(19-13-14-22-67)71-57(90)41(25-37-27-68-39-18-12-11-17-38(37)39)72-62(95)51(33(5)6)79-60(93)45-20-15-23-81(45)65(98)46-21-16-24-82(46)66(99)53(36(10)83)80-64(97)52(34(7)8)77-54(87)35(9)70-59(44)92/h11-12,17-18,27,31-36,40-46,49-53,68,83H,13-16,19-26,28-30,67H2,1-10H3,(H,69,88)(H,70,92)(H,71,90)(H,72,95)(H,73,94)(H,74,89)(H,75,96)(H,76,84)(H,77,87)(H,78,91)(H,79,93)(H,80,97)(H,85,86)/t35-,36+,40-,41-,42-,43-,44-,45+,46-,49-,50-,51-,52-,53-/m0/s1. The van der Waals surface area contributed by atoms with Gasteiger partial charge in [-0.3, -0.25) is 71.9 Å². The average Bonchev–Trinajstić information content (AvgIpc) is 1.69. The number of nitrogens with two attached hydrogens (primary N) is 1. The largest absolute Gasteiger partial charge is 0.481 e. The molecule has 1 aromatic carbocycles. The molecule has 4 aliphatic heterocycles. The number of fused-ring (bicyclic) bond motifs is 8. The van der Waals surface area contributed by atoms with E-state index in [1.165, 1.54) is 51.3 Å². The third kappa shape index (κ3) is 22.5. The van der Waals surface area contributed by atoms with Crippen LogP contribution in [0.4, 0.5) is 0 Å². The summed E-state index contributed by atoms with van der Waals surface area (Å²) in [6.07, 6.45) is 0.493. The third-order valence-corrected chi connectivity index (χ3v) is 20.5. The third-order valence-electron chi connectivity index (χ3n) is 18.0. The van der Waals surface area contributed by atoms with Gasteiger partial charge in [0.1, 0.15) is 78.5 Å². The van der Waals surface area contributed by atoms with Crippen LogP contribution in [0, 0.1) is 23.7 Å². The number of carboxylic acids is 1. The molecule has 4 fully saturated rings. The van der Waals surface area contributed by atoms with Gasteiger partial charge in [0.15, 0.2) is 0 Å². The van der Waals surface area contributed by atoms with E-state index >= 15 is 4.79 Å². The summed E-state index contributed by atoms with van der Waals surface area (Å²) in [5.41, 5.74) is 7.19. The number of nitrogens with zero attached hydrogens (tertiary/aromatic N) is 2. The first-order chi connectivity index (χ1) is 47.7. The van der Waals surface area contributed by atoms with E-state index in [0.717, 1.165) is 21.6 Å². The lowest BCUT2D eigenvalue weighted by atomic mass is 9.99. The highest BCUT2D eigenvalue weighted by Crippen LogP contribution is 2.28. The van der Waals surface area contributed by atoms with Gasteiger partial charge in [-0.25, -0.2) is 0 Å². The number of aliphatic carboxylic acids is 1. The number of carboxylic acid groups (broad SMARTS) is 1. The van der Waals surface area contributed by atoms with Gasteiger partial charge in [0.05, 0.1) is 19.1 Å². The lowest BCUT2D eigenvalue weighted by Gasteiger charge is -2.34. The molecule has 0 aliphatic carbocycles. The van der Waals surface area contributed by atoms with Gasteiger partial charge < -0.3 is 94.5 Å². The molecule has 1 aromatic heterocycles. The van der Waals surface area contributed by atoms with E-state index in [-0.39, 0.29) is 63.2 Å². The number of aromatic nitrogens is 1. The van der Waals surface area contributed by atoms with E-state index in [1.54, 1.807) is 58.2 Å². The number of rotatable bonds is 13. The summed E-state index contributed by atoms with van der Waals surface area (Å²) >= 11 is 0. The molecule has 0 spiro atoms. The van der Waals surface area contributed by atoms with Crippen molar-refractivity contribution in [3.63, 3.8) is 0 Å². The van der Waals surface area contributed by atoms with Crippen LogP contribution >= 0.6 is 21.6 Å². The van der Waals surface area contributed by atoms with Crippen LogP contribution in [0.2, 0.25) is 0 Å². The van der Waals surface area contributed by atoms with Gasteiger partial charge in [0.2, 0.25) is 82.7 Å². The van der Waals surface area contributed by atoms with Gasteiger partial charge in [-0.05, 0) is 101 Å². The number of carbonyl (C=O) groups is 15. The first kappa shape index (κ1) is 81.4.